The molecule has 0 saturated heterocycles. The maximum atomic E-state index is 6.07. The first-order valence-electron chi connectivity index (χ1n) is 10.1. The van der Waals surface area contributed by atoms with Gasteiger partial charge in [0.1, 0.15) is 11.5 Å². The summed E-state index contributed by atoms with van der Waals surface area (Å²) < 4.78 is 12.0. The Morgan fingerprint density at radius 1 is 0.880 bits per heavy atom. The fourth-order valence-electron chi connectivity index (χ4n) is 2.55. The number of ether oxygens (including phenoxy) is 2. The second-order valence-electron chi connectivity index (χ2n) is 8.04. The van der Waals surface area contributed by atoms with Crippen LogP contribution in [-0.2, 0) is 6.54 Å². The Kier molecular flexibility index (Phi) is 10.6. The van der Waals surface area contributed by atoms with Crippen LogP contribution in [0.4, 0.5) is 0 Å². The summed E-state index contributed by atoms with van der Waals surface area (Å²) in [6.07, 6.45) is 7.07. The topological polar surface area (TPSA) is 30.5 Å². The minimum absolute atomic E-state index is 0.282. The molecule has 144 valence electrons. The van der Waals surface area contributed by atoms with Crippen molar-refractivity contribution in [2.75, 3.05) is 19.8 Å². The van der Waals surface area contributed by atoms with E-state index in [1.54, 1.807) is 0 Å². The van der Waals surface area contributed by atoms with Gasteiger partial charge in [0.05, 0.1) is 13.2 Å². The number of rotatable bonds is 13. The molecule has 0 saturated carbocycles. The Hall–Kier alpha value is -1.22. The Balaban J connectivity index is 2.65. The van der Waals surface area contributed by atoms with Crippen molar-refractivity contribution in [2.45, 2.75) is 79.7 Å². The monoisotopic (exact) mass is 349 g/mol. The Morgan fingerprint density at radius 3 is 2.12 bits per heavy atom. The summed E-state index contributed by atoms with van der Waals surface area (Å²) >= 11 is 0. The largest absolute Gasteiger partial charge is 0.493 e. The molecule has 0 amide bonds. The van der Waals surface area contributed by atoms with Crippen molar-refractivity contribution in [1.29, 1.82) is 0 Å². The number of unbranched alkanes of at least 4 members (excludes halogenated alkanes) is 4. The molecule has 1 aromatic carbocycles. The maximum absolute atomic E-state index is 6.07. The van der Waals surface area contributed by atoms with E-state index in [0.717, 1.165) is 50.6 Å². The van der Waals surface area contributed by atoms with Gasteiger partial charge in [-0.1, -0.05) is 66.4 Å². The maximum Gasteiger partial charge on any atom is 0.127 e. The van der Waals surface area contributed by atoms with Crippen LogP contribution in [0.3, 0.4) is 0 Å². The van der Waals surface area contributed by atoms with E-state index in [4.69, 9.17) is 9.47 Å². The summed E-state index contributed by atoms with van der Waals surface area (Å²) in [4.78, 5) is 0. The molecule has 0 bridgehead atoms. The summed E-state index contributed by atoms with van der Waals surface area (Å²) in [6.45, 7) is 14.5. The molecule has 0 atom stereocenters. The van der Waals surface area contributed by atoms with Crippen molar-refractivity contribution in [3.8, 4) is 11.5 Å². The van der Waals surface area contributed by atoms with E-state index in [1.165, 1.54) is 31.2 Å². The standard InChI is InChI=1S/C22H39NO2/c1-6-8-10-14-24-20-13-12-19(17-23-18-22(3,4)5)21(16-20)25-15-11-9-7-2/h12-13,16,23H,6-11,14-15,17-18H2,1-5H3. The van der Waals surface area contributed by atoms with Gasteiger partial charge in [-0.25, -0.2) is 0 Å². The van der Waals surface area contributed by atoms with Gasteiger partial charge in [-0.2, -0.15) is 0 Å². The van der Waals surface area contributed by atoms with Crippen molar-refractivity contribution in [2.24, 2.45) is 5.41 Å². The lowest BCUT2D eigenvalue weighted by atomic mass is 9.97. The highest BCUT2D eigenvalue weighted by Gasteiger charge is 2.11. The van der Waals surface area contributed by atoms with Crippen molar-refractivity contribution in [1.82, 2.24) is 5.32 Å². The second-order valence-corrected chi connectivity index (χ2v) is 8.04. The van der Waals surface area contributed by atoms with Crippen molar-refractivity contribution < 1.29 is 9.47 Å². The van der Waals surface area contributed by atoms with E-state index in [1.807, 2.05) is 0 Å². The number of nitrogens with one attached hydrogen (secondary N) is 1. The van der Waals surface area contributed by atoms with Gasteiger partial charge in [-0.05, 0) is 24.3 Å². The average Bonchev–Trinajstić information content (AvgIpc) is 2.56. The minimum atomic E-state index is 0.282. The number of benzene rings is 1. The lowest BCUT2D eigenvalue weighted by molar-refractivity contribution is 0.288. The highest BCUT2D eigenvalue weighted by molar-refractivity contribution is 5.40. The van der Waals surface area contributed by atoms with E-state index in [9.17, 15) is 0 Å². The summed E-state index contributed by atoms with van der Waals surface area (Å²) in [5.41, 5.74) is 1.49. The third kappa shape index (κ3) is 10.4. The van der Waals surface area contributed by atoms with E-state index >= 15 is 0 Å². The van der Waals surface area contributed by atoms with Gasteiger partial charge in [-0.15, -0.1) is 0 Å². The first-order valence-corrected chi connectivity index (χ1v) is 10.1. The zero-order valence-corrected chi connectivity index (χ0v) is 17.1. The molecule has 25 heavy (non-hydrogen) atoms. The summed E-state index contributed by atoms with van der Waals surface area (Å²) in [5.74, 6) is 1.88. The van der Waals surface area contributed by atoms with E-state index in [-0.39, 0.29) is 5.41 Å². The zero-order valence-electron chi connectivity index (χ0n) is 17.1. The molecular weight excluding hydrogens is 310 g/mol. The molecule has 3 heteroatoms. The zero-order chi connectivity index (χ0) is 18.5. The quantitative estimate of drug-likeness (QED) is 0.446. The van der Waals surface area contributed by atoms with Gasteiger partial charge >= 0.3 is 0 Å². The number of hydrogen-bond acceptors (Lipinski definition) is 3. The van der Waals surface area contributed by atoms with E-state index in [2.05, 4.69) is 58.1 Å². The molecule has 3 nitrogen and oxygen atoms in total. The second kappa shape index (κ2) is 12.2. The average molecular weight is 350 g/mol. The Morgan fingerprint density at radius 2 is 1.52 bits per heavy atom. The van der Waals surface area contributed by atoms with Crippen LogP contribution < -0.4 is 14.8 Å². The first-order chi connectivity index (χ1) is 12.0. The number of hydrogen-bond donors (Lipinski definition) is 1. The predicted molar refractivity (Wildman–Crippen MR) is 108 cm³/mol. The van der Waals surface area contributed by atoms with Gasteiger partial charge in [0.2, 0.25) is 0 Å². The van der Waals surface area contributed by atoms with Crippen LogP contribution in [0.25, 0.3) is 0 Å². The smallest absolute Gasteiger partial charge is 0.127 e. The lowest BCUT2D eigenvalue weighted by Gasteiger charge is -2.20. The highest BCUT2D eigenvalue weighted by atomic mass is 16.5. The van der Waals surface area contributed by atoms with Crippen LogP contribution >= 0.6 is 0 Å². The molecule has 0 radical (unpaired) electrons. The third-order valence-electron chi connectivity index (χ3n) is 4.03. The van der Waals surface area contributed by atoms with Gasteiger partial charge < -0.3 is 14.8 Å². The normalized spacial score (nSPS) is 11.6. The van der Waals surface area contributed by atoms with Crippen LogP contribution in [0.5, 0.6) is 11.5 Å². The summed E-state index contributed by atoms with van der Waals surface area (Å²) in [6, 6.07) is 6.27. The molecule has 0 aliphatic heterocycles. The van der Waals surface area contributed by atoms with E-state index in [0.29, 0.717) is 0 Å². The lowest BCUT2D eigenvalue weighted by Crippen LogP contribution is -2.26. The van der Waals surface area contributed by atoms with Crippen LogP contribution in [0, 0.1) is 5.41 Å². The molecule has 0 aromatic heterocycles. The molecule has 1 rings (SSSR count). The van der Waals surface area contributed by atoms with Gasteiger partial charge in [0, 0.05) is 24.7 Å². The van der Waals surface area contributed by atoms with Crippen LogP contribution in [0.15, 0.2) is 18.2 Å². The molecule has 0 fully saturated rings. The highest BCUT2D eigenvalue weighted by Crippen LogP contribution is 2.26. The van der Waals surface area contributed by atoms with Crippen molar-refractivity contribution in [3.05, 3.63) is 23.8 Å². The predicted octanol–water partition coefficient (Wildman–Crippen LogP) is 5.96. The Labute approximate surface area is 155 Å². The summed E-state index contributed by atoms with van der Waals surface area (Å²) in [5, 5.41) is 3.54. The van der Waals surface area contributed by atoms with Gasteiger partial charge in [0.15, 0.2) is 0 Å². The molecule has 0 aliphatic rings. The molecule has 1 N–H and O–H groups in total. The van der Waals surface area contributed by atoms with Gasteiger partial charge in [0.25, 0.3) is 0 Å². The van der Waals surface area contributed by atoms with Crippen molar-refractivity contribution >= 4 is 0 Å². The molecule has 0 heterocycles. The minimum Gasteiger partial charge on any atom is -0.493 e. The van der Waals surface area contributed by atoms with Crippen LogP contribution in [-0.4, -0.2) is 19.8 Å². The molecule has 0 spiro atoms. The SMILES string of the molecule is CCCCCOc1ccc(CNCC(C)(C)C)c(OCCCCC)c1. The van der Waals surface area contributed by atoms with Gasteiger partial charge in [-0.3, -0.25) is 0 Å². The first kappa shape index (κ1) is 21.8. The summed E-state index contributed by atoms with van der Waals surface area (Å²) in [7, 11) is 0. The third-order valence-corrected chi connectivity index (χ3v) is 4.03. The van der Waals surface area contributed by atoms with E-state index < -0.39 is 0 Å². The Bertz CT molecular complexity index is 466. The fraction of sp³-hybridized carbons (Fsp3) is 0.727. The molecule has 0 unspecified atom stereocenters. The molecule has 1 aromatic rings. The van der Waals surface area contributed by atoms with Crippen molar-refractivity contribution in [3.63, 3.8) is 0 Å². The van der Waals surface area contributed by atoms with Crippen LogP contribution in [0.2, 0.25) is 0 Å². The fourth-order valence-corrected chi connectivity index (χ4v) is 2.55. The molecule has 0 aliphatic carbocycles. The van der Waals surface area contributed by atoms with Crippen LogP contribution in [0.1, 0.15) is 78.7 Å². The molecular formula is C22H39NO2.